The SMILES string of the molecule is Cc1nn2c(CN3CCS(=O)(=O)C(C)C3C)c(C(C)C)nc2s1. The lowest BCUT2D eigenvalue weighted by Gasteiger charge is -2.37. The maximum atomic E-state index is 12.1. The summed E-state index contributed by atoms with van der Waals surface area (Å²) in [4.78, 5) is 7.91. The van der Waals surface area contributed by atoms with Gasteiger partial charge in [-0.05, 0) is 26.7 Å². The molecular formula is C15H24N4O2S2. The summed E-state index contributed by atoms with van der Waals surface area (Å²) in [6.07, 6.45) is 0. The Bertz CT molecular complexity index is 822. The Kier molecular flexibility index (Phi) is 4.27. The van der Waals surface area contributed by atoms with Crippen molar-refractivity contribution in [2.75, 3.05) is 12.3 Å². The molecule has 3 heterocycles. The van der Waals surface area contributed by atoms with E-state index in [1.807, 2.05) is 25.3 Å². The van der Waals surface area contributed by atoms with Gasteiger partial charge in [-0.2, -0.15) is 5.10 Å². The van der Waals surface area contributed by atoms with Gasteiger partial charge in [-0.25, -0.2) is 17.9 Å². The molecule has 2 aromatic heterocycles. The predicted molar refractivity (Wildman–Crippen MR) is 92.8 cm³/mol. The van der Waals surface area contributed by atoms with Gasteiger partial charge in [0, 0.05) is 19.1 Å². The van der Waals surface area contributed by atoms with Gasteiger partial charge < -0.3 is 0 Å². The Morgan fingerprint density at radius 2 is 2.04 bits per heavy atom. The van der Waals surface area contributed by atoms with Crippen molar-refractivity contribution in [1.82, 2.24) is 19.5 Å². The third-order valence-electron chi connectivity index (χ3n) is 4.81. The molecule has 2 atom stereocenters. The van der Waals surface area contributed by atoms with E-state index in [-0.39, 0.29) is 17.0 Å². The third kappa shape index (κ3) is 2.92. The Hall–Kier alpha value is -0.990. The minimum atomic E-state index is -2.96. The highest BCUT2D eigenvalue weighted by atomic mass is 32.2. The van der Waals surface area contributed by atoms with E-state index in [2.05, 4.69) is 23.8 Å². The molecule has 1 aliphatic rings. The molecule has 6 nitrogen and oxygen atoms in total. The summed E-state index contributed by atoms with van der Waals surface area (Å²) < 4.78 is 26.1. The van der Waals surface area contributed by atoms with Gasteiger partial charge in [-0.3, -0.25) is 4.90 Å². The molecule has 0 saturated carbocycles. The predicted octanol–water partition coefficient (Wildman–Crippen LogP) is 2.23. The number of aryl methyl sites for hydroxylation is 1. The van der Waals surface area contributed by atoms with Crippen molar-refractivity contribution in [2.24, 2.45) is 0 Å². The maximum Gasteiger partial charge on any atom is 0.212 e. The van der Waals surface area contributed by atoms with Gasteiger partial charge in [0.25, 0.3) is 0 Å². The van der Waals surface area contributed by atoms with Crippen LogP contribution in [0, 0.1) is 6.92 Å². The van der Waals surface area contributed by atoms with E-state index in [4.69, 9.17) is 4.98 Å². The van der Waals surface area contributed by atoms with Gasteiger partial charge in [-0.1, -0.05) is 25.2 Å². The molecule has 3 rings (SSSR count). The fourth-order valence-electron chi connectivity index (χ4n) is 3.16. The molecule has 0 spiro atoms. The average molecular weight is 357 g/mol. The lowest BCUT2D eigenvalue weighted by atomic mass is 10.1. The topological polar surface area (TPSA) is 67.6 Å². The largest absolute Gasteiger partial charge is 0.292 e. The lowest BCUT2D eigenvalue weighted by molar-refractivity contribution is 0.193. The zero-order chi connectivity index (χ0) is 16.9. The zero-order valence-electron chi connectivity index (χ0n) is 14.3. The Labute approximate surface area is 141 Å². The Morgan fingerprint density at radius 1 is 1.35 bits per heavy atom. The van der Waals surface area contributed by atoms with Gasteiger partial charge in [0.15, 0.2) is 9.84 Å². The summed E-state index contributed by atoms with van der Waals surface area (Å²) in [5, 5.41) is 5.24. The average Bonchev–Trinajstić information content (AvgIpc) is 2.97. The number of rotatable bonds is 3. The van der Waals surface area contributed by atoms with Crippen LogP contribution in [0.15, 0.2) is 0 Å². The number of hydrogen-bond acceptors (Lipinski definition) is 6. The molecule has 0 aliphatic carbocycles. The van der Waals surface area contributed by atoms with E-state index in [1.165, 1.54) is 0 Å². The number of fused-ring (bicyclic) bond motifs is 1. The van der Waals surface area contributed by atoms with Gasteiger partial charge in [0.2, 0.25) is 4.96 Å². The zero-order valence-corrected chi connectivity index (χ0v) is 15.9. The molecule has 2 unspecified atom stereocenters. The van der Waals surface area contributed by atoms with Crippen LogP contribution in [0.3, 0.4) is 0 Å². The molecule has 1 fully saturated rings. The first-order chi connectivity index (χ1) is 10.7. The van der Waals surface area contributed by atoms with Gasteiger partial charge in [-0.15, -0.1) is 0 Å². The molecule has 0 aromatic carbocycles. The number of hydrogen-bond donors (Lipinski definition) is 0. The number of nitrogens with zero attached hydrogens (tertiary/aromatic N) is 4. The smallest absolute Gasteiger partial charge is 0.212 e. The number of sulfone groups is 1. The van der Waals surface area contributed by atoms with Crippen LogP contribution in [0.1, 0.15) is 50.0 Å². The van der Waals surface area contributed by atoms with Crippen molar-refractivity contribution in [1.29, 1.82) is 0 Å². The first-order valence-corrected chi connectivity index (χ1v) is 10.5. The van der Waals surface area contributed by atoms with Crippen LogP contribution >= 0.6 is 11.3 Å². The molecule has 128 valence electrons. The van der Waals surface area contributed by atoms with E-state index in [0.29, 0.717) is 19.0 Å². The highest BCUT2D eigenvalue weighted by molar-refractivity contribution is 7.92. The van der Waals surface area contributed by atoms with Gasteiger partial charge in [0.05, 0.1) is 22.4 Å². The first kappa shape index (κ1) is 16.9. The van der Waals surface area contributed by atoms with E-state index >= 15 is 0 Å². The van der Waals surface area contributed by atoms with Crippen molar-refractivity contribution in [3.8, 4) is 0 Å². The van der Waals surface area contributed by atoms with Gasteiger partial charge in [0.1, 0.15) is 5.01 Å². The van der Waals surface area contributed by atoms with E-state index in [0.717, 1.165) is 21.4 Å². The molecule has 2 aromatic rings. The van der Waals surface area contributed by atoms with Gasteiger partial charge >= 0.3 is 0 Å². The third-order valence-corrected chi connectivity index (χ3v) is 7.92. The van der Waals surface area contributed by atoms with E-state index in [1.54, 1.807) is 11.3 Å². The van der Waals surface area contributed by atoms with E-state index in [9.17, 15) is 8.42 Å². The monoisotopic (exact) mass is 356 g/mol. The molecule has 8 heteroatoms. The highest BCUT2D eigenvalue weighted by Crippen LogP contribution is 2.27. The second-order valence-corrected chi connectivity index (χ2v) is 10.3. The first-order valence-electron chi connectivity index (χ1n) is 8.01. The number of imidazole rings is 1. The fourth-order valence-corrected chi connectivity index (χ4v) is 5.56. The maximum absolute atomic E-state index is 12.1. The summed E-state index contributed by atoms with van der Waals surface area (Å²) in [6.45, 7) is 11.3. The Morgan fingerprint density at radius 3 is 2.70 bits per heavy atom. The van der Waals surface area contributed by atoms with Crippen LogP contribution < -0.4 is 0 Å². The van der Waals surface area contributed by atoms with Crippen molar-refractivity contribution in [3.63, 3.8) is 0 Å². The molecule has 0 N–H and O–H groups in total. The summed E-state index contributed by atoms with van der Waals surface area (Å²) in [5.74, 6) is 0.550. The van der Waals surface area contributed by atoms with Crippen LogP contribution in [0.4, 0.5) is 0 Å². The number of aromatic nitrogens is 3. The molecule has 0 amide bonds. The van der Waals surface area contributed by atoms with Crippen molar-refractivity contribution in [3.05, 3.63) is 16.4 Å². The van der Waals surface area contributed by atoms with Crippen molar-refractivity contribution < 1.29 is 8.42 Å². The van der Waals surface area contributed by atoms with Crippen LogP contribution in [0.5, 0.6) is 0 Å². The molecule has 0 bridgehead atoms. The standard InChI is InChI=1S/C15H24N4O2S2/c1-9(2)14-13(19-15(16-14)22-12(5)17-19)8-18-6-7-23(20,21)11(4)10(18)3/h9-11H,6-8H2,1-5H3. The van der Waals surface area contributed by atoms with Crippen molar-refractivity contribution >= 4 is 26.1 Å². The molecule has 1 saturated heterocycles. The highest BCUT2D eigenvalue weighted by Gasteiger charge is 2.36. The van der Waals surface area contributed by atoms with Crippen LogP contribution in [-0.2, 0) is 16.4 Å². The second-order valence-electron chi connectivity index (χ2n) is 6.70. The van der Waals surface area contributed by atoms with Crippen molar-refractivity contribution in [2.45, 2.75) is 58.4 Å². The van der Waals surface area contributed by atoms with Crippen LogP contribution in [-0.4, -0.2) is 51.5 Å². The summed E-state index contributed by atoms with van der Waals surface area (Å²) in [5.41, 5.74) is 2.16. The summed E-state index contributed by atoms with van der Waals surface area (Å²) >= 11 is 1.59. The lowest BCUT2D eigenvalue weighted by Crippen LogP contribution is -2.51. The molecular weight excluding hydrogens is 332 g/mol. The van der Waals surface area contributed by atoms with E-state index < -0.39 is 9.84 Å². The minimum absolute atomic E-state index is 0.000884. The normalized spacial score (nSPS) is 25.5. The summed E-state index contributed by atoms with van der Waals surface area (Å²) in [7, 11) is -2.96. The second kappa shape index (κ2) is 5.82. The molecule has 0 radical (unpaired) electrons. The Balaban J connectivity index is 1.96. The molecule has 1 aliphatic heterocycles. The summed E-state index contributed by atoms with van der Waals surface area (Å²) in [6, 6.07) is -0.000884. The minimum Gasteiger partial charge on any atom is -0.292 e. The fraction of sp³-hybridized carbons (Fsp3) is 0.733. The molecule has 23 heavy (non-hydrogen) atoms. The quantitative estimate of drug-likeness (QED) is 0.844. The van der Waals surface area contributed by atoms with Crippen LogP contribution in [0.2, 0.25) is 0 Å². The van der Waals surface area contributed by atoms with Crippen LogP contribution in [0.25, 0.3) is 4.96 Å².